The first-order valence-electron chi connectivity index (χ1n) is 25.9. The minimum Gasteiger partial charge on any atom is -0.489 e. The van der Waals surface area contributed by atoms with Gasteiger partial charge in [0.05, 0.1) is 46.9 Å². The first kappa shape index (κ1) is 47.7. The molecule has 2 aromatic heterocycles. The van der Waals surface area contributed by atoms with Crippen LogP contribution in [0.4, 0.5) is 28.4 Å². The molecule has 1 aliphatic carbocycles. The fraction of sp³-hybridized carbons (Fsp3) is 0.481. The van der Waals surface area contributed by atoms with Crippen LogP contribution >= 0.6 is 0 Å². The summed E-state index contributed by atoms with van der Waals surface area (Å²) in [5.74, 6) is -0.496. The number of anilines is 4. The second-order valence-corrected chi connectivity index (χ2v) is 22.9. The average molecular weight is 1010 g/mol. The third-order valence-electron chi connectivity index (χ3n) is 16.6. The van der Waals surface area contributed by atoms with Crippen LogP contribution in [0.3, 0.4) is 0 Å². The molecule has 3 N–H and O–H groups in total. The van der Waals surface area contributed by atoms with Gasteiger partial charge in [0.25, 0.3) is 21.6 Å². The van der Waals surface area contributed by atoms with Gasteiger partial charge in [-0.2, -0.15) is 4.98 Å². The summed E-state index contributed by atoms with van der Waals surface area (Å²) < 4.78 is 55.1. The van der Waals surface area contributed by atoms with Gasteiger partial charge in [-0.3, -0.25) is 24.7 Å². The van der Waals surface area contributed by atoms with Gasteiger partial charge in [-0.1, -0.05) is 36.4 Å². The Bertz CT molecular complexity index is 3070. The van der Waals surface area contributed by atoms with Crippen molar-refractivity contribution >= 4 is 61.0 Å². The van der Waals surface area contributed by atoms with Crippen molar-refractivity contribution in [2.24, 2.45) is 11.3 Å². The van der Waals surface area contributed by atoms with Crippen LogP contribution in [0.15, 0.2) is 84.4 Å². The Kier molecular flexibility index (Phi) is 12.6. The number of aromatic nitrogens is 2. The molecule has 5 aromatic rings. The number of amides is 1. The van der Waals surface area contributed by atoms with E-state index in [-0.39, 0.29) is 47.1 Å². The maximum Gasteiger partial charge on any atom is 0.297 e. The zero-order chi connectivity index (χ0) is 50.0. The Morgan fingerprint density at radius 1 is 0.945 bits per heavy atom. The molecular weight excluding hydrogens is 951 g/mol. The number of ether oxygens (including phenoxy) is 4. The summed E-state index contributed by atoms with van der Waals surface area (Å²) in [4.78, 5) is 43.7. The number of hydrogen-bond acceptors (Lipinski definition) is 15. The Morgan fingerprint density at radius 3 is 2.58 bits per heavy atom. The highest BCUT2D eigenvalue weighted by atomic mass is 32.2. The van der Waals surface area contributed by atoms with Gasteiger partial charge in [-0.25, -0.2) is 13.1 Å². The first-order valence-corrected chi connectivity index (χ1v) is 27.4. The van der Waals surface area contributed by atoms with Crippen molar-refractivity contribution in [1.29, 1.82) is 0 Å². The molecule has 5 fully saturated rings. The number of benzene rings is 3. The molecule has 0 bridgehead atoms. The second kappa shape index (κ2) is 19.2. The van der Waals surface area contributed by atoms with E-state index in [9.17, 15) is 23.3 Å². The maximum atomic E-state index is 14.8. The summed E-state index contributed by atoms with van der Waals surface area (Å²) in [7, 11) is -4.69. The summed E-state index contributed by atoms with van der Waals surface area (Å²) in [5, 5.41) is 16.6. The predicted molar refractivity (Wildman–Crippen MR) is 278 cm³/mol. The molecule has 4 atom stereocenters. The van der Waals surface area contributed by atoms with E-state index in [1.807, 2.05) is 35.4 Å². The van der Waals surface area contributed by atoms with Crippen LogP contribution in [0.1, 0.15) is 79.4 Å². The number of nitrogens with zero attached hydrogens (tertiary/aromatic N) is 6. The van der Waals surface area contributed by atoms with Gasteiger partial charge in [0.2, 0.25) is 5.88 Å². The Balaban J connectivity index is 0.831. The van der Waals surface area contributed by atoms with Gasteiger partial charge in [-0.15, -0.1) is 0 Å². The van der Waals surface area contributed by atoms with Crippen molar-refractivity contribution in [1.82, 2.24) is 24.5 Å². The van der Waals surface area contributed by atoms with Gasteiger partial charge in [0.15, 0.2) is 11.4 Å². The molecular formula is C54H63N9O9S. The number of likely N-dealkylation sites (tertiary alicyclic amines) is 1. The van der Waals surface area contributed by atoms with Gasteiger partial charge in [0, 0.05) is 93.3 Å². The number of nitro groups is 1. The van der Waals surface area contributed by atoms with Gasteiger partial charge in [-0.05, 0) is 105 Å². The lowest BCUT2D eigenvalue weighted by Gasteiger charge is -2.56. The first-order chi connectivity index (χ1) is 35.4. The number of sulfonamides is 1. The van der Waals surface area contributed by atoms with Crippen molar-refractivity contribution in [3.05, 3.63) is 106 Å². The Morgan fingerprint density at radius 2 is 1.77 bits per heavy atom. The molecule has 7 aliphatic rings. The SMILES string of the molecule is C=C(C)c1ccccc1[C@@H]1CCCN1C1CC2(CCN(c3ccc(C(=O)NS(=O)(=O)c4cc5c(c([N+](=O)[O-])c4)N[C@H](CN4CCOCC4)CO5)c(N4C[C@H]5CCOC[C@@H]5Oc5nc6[nH]ccc6cc54)c3)CC2)C1. The molecule has 384 valence electrons. The standard InChI is InChI=1S/C54H63N9O9S/c1-34(2)41-6-3-4-7-42(41)44-8-5-16-61(44)39-28-54(29-39)13-17-60(18-14-54)38-9-10-43(45(25-38)62-30-36-12-21-70-33-49(36)72-53-47(62)24-35-11-15-55-51(35)57-53)52(64)58-73(67,68)40-26-46(63(65)66)50-48(27-40)71-32-37(56-50)31-59-19-22-69-23-20-59/h3-4,6-7,9-11,15,24-27,36-37,39,44,49,56H,1,5,8,12-14,16-23,28-33H2,2H3,(H,55,57)(H,58,64)/t36-,37-,44+,49+/m1/s1. The number of nitro benzene ring substituents is 1. The number of morpholine rings is 1. The molecule has 4 saturated heterocycles. The number of piperidine rings is 1. The molecule has 1 saturated carbocycles. The zero-order valence-electron chi connectivity index (χ0n) is 41.2. The number of carbonyl (C=O) groups is 1. The molecule has 73 heavy (non-hydrogen) atoms. The molecule has 0 unspecified atom stereocenters. The lowest BCUT2D eigenvalue weighted by Crippen LogP contribution is -2.55. The third kappa shape index (κ3) is 9.17. The molecule has 0 radical (unpaired) electrons. The summed E-state index contributed by atoms with van der Waals surface area (Å²) in [6.07, 6.45) is 9.02. The topological polar surface area (TPSA) is 197 Å². The normalized spacial score (nSPS) is 24.3. The van der Waals surface area contributed by atoms with Crippen molar-refractivity contribution in [3.63, 3.8) is 0 Å². The number of fused-ring (bicyclic) bond motifs is 4. The molecule has 18 nitrogen and oxygen atoms in total. The molecule has 1 spiro atoms. The van der Waals surface area contributed by atoms with E-state index in [1.165, 1.54) is 42.9 Å². The fourth-order valence-corrected chi connectivity index (χ4v) is 13.7. The average Bonchev–Trinajstić information content (AvgIpc) is 4.04. The van der Waals surface area contributed by atoms with Crippen LogP contribution in [0.25, 0.3) is 16.6 Å². The van der Waals surface area contributed by atoms with Crippen LogP contribution in [0.5, 0.6) is 11.6 Å². The Hall–Kier alpha value is -6.25. The van der Waals surface area contributed by atoms with Crippen LogP contribution in [0, 0.1) is 21.4 Å². The Labute approximate surface area is 425 Å². The molecule has 19 heteroatoms. The number of aromatic amines is 1. The van der Waals surface area contributed by atoms with Crippen LogP contribution in [-0.2, 0) is 19.5 Å². The summed E-state index contributed by atoms with van der Waals surface area (Å²) in [5.41, 5.74) is 6.48. The largest absolute Gasteiger partial charge is 0.489 e. The smallest absolute Gasteiger partial charge is 0.297 e. The minimum atomic E-state index is -4.69. The maximum absolute atomic E-state index is 14.8. The summed E-state index contributed by atoms with van der Waals surface area (Å²) >= 11 is 0. The predicted octanol–water partition coefficient (Wildman–Crippen LogP) is 7.65. The number of hydrogen-bond donors (Lipinski definition) is 3. The van der Waals surface area contributed by atoms with Crippen molar-refractivity contribution in [2.75, 3.05) is 94.0 Å². The summed E-state index contributed by atoms with van der Waals surface area (Å²) in [6, 6.07) is 21.2. The molecule has 8 heterocycles. The molecule has 12 rings (SSSR count). The van der Waals surface area contributed by atoms with E-state index >= 15 is 0 Å². The highest BCUT2D eigenvalue weighted by Gasteiger charge is 2.50. The number of carbonyl (C=O) groups excluding carboxylic acids is 1. The minimum absolute atomic E-state index is 0.00593. The van der Waals surface area contributed by atoms with Gasteiger partial charge < -0.3 is 39.0 Å². The monoisotopic (exact) mass is 1010 g/mol. The lowest BCUT2D eigenvalue weighted by molar-refractivity contribution is -0.384. The van der Waals surface area contributed by atoms with E-state index in [1.54, 1.807) is 6.07 Å². The van der Waals surface area contributed by atoms with E-state index in [4.69, 9.17) is 23.9 Å². The molecule has 1 amide bonds. The van der Waals surface area contributed by atoms with E-state index in [0.717, 1.165) is 68.3 Å². The summed E-state index contributed by atoms with van der Waals surface area (Å²) in [6.45, 7) is 13.9. The molecule has 3 aromatic carbocycles. The highest BCUT2D eigenvalue weighted by Crippen LogP contribution is 2.55. The van der Waals surface area contributed by atoms with E-state index in [2.05, 4.69) is 67.5 Å². The molecule has 6 aliphatic heterocycles. The van der Waals surface area contributed by atoms with Crippen LogP contribution < -0.4 is 29.3 Å². The van der Waals surface area contributed by atoms with Crippen molar-refractivity contribution < 1.29 is 37.1 Å². The van der Waals surface area contributed by atoms with Gasteiger partial charge >= 0.3 is 0 Å². The van der Waals surface area contributed by atoms with Crippen molar-refractivity contribution in [2.45, 2.75) is 81.0 Å². The zero-order valence-corrected chi connectivity index (χ0v) is 42.0. The van der Waals surface area contributed by atoms with Crippen molar-refractivity contribution in [3.8, 4) is 11.6 Å². The number of nitrogens with one attached hydrogen (secondary N) is 3. The number of allylic oxidation sites excluding steroid dienone is 1. The highest BCUT2D eigenvalue weighted by molar-refractivity contribution is 7.90. The quantitative estimate of drug-likeness (QED) is 0.0861. The van der Waals surface area contributed by atoms with E-state index in [0.29, 0.717) is 80.9 Å². The fourth-order valence-electron chi connectivity index (χ4n) is 12.7. The number of rotatable bonds is 11. The third-order valence-corrected chi connectivity index (χ3v) is 17.9. The second-order valence-electron chi connectivity index (χ2n) is 21.2. The van der Waals surface area contributed by atoms with Crippen LogP contribution in [0.2, 0.25) is 0 Å². The number of H-pyrrole nitrogens is 1. The van der Waals surface area contributed by atoms with Gasteiger partial charge in [0.1, 0.15) is 24.0 Å². The number of pyridine rings is 1. The lowest BCUT2D eigenvalue weighted by atomic mass is 9.59. The van der Waals surface area contributed by atoms with E-state index < -0.39 is 31.4 Å². The van der Waals surface area contributed by atoms with Crippen LogP contribution in [-0.4, -0.2) is 136 Å².